The van der Waals surface area contributed by atoms with Gasteiger partial charge >= 0.3 is 5.97 Å². The van der Waals surface area contributed by atoms with Crippen LogP contribution in [0.2, 0.25) is 0 Å². The molecule has 0 aromatic heterocycles. The fourth-order valence-electron chi connectivity index (χ4n) is 2.44. The summed E-state index contributed by atoms with van der Waals surface area (Å²) in [4.78, 5) is 24.0. The SMILES string of the molecule is COc1ccc(/C=C(\NC(=O)c2ccc(C)cc2)C(=O)O)c(OC)c1OC. The molecule has 0 radical (unpaired) electrons. The molecule has 1 amide bonds. The Morgan fingerprint density at radius 2 is 1.56 bits per heavy atom. The van der Waals surface area contributed by atoms with Crippen LogP contribution in [-0.2, 0) is 4.79 Å². The summed E-state index contributed by atoms with van der Waals surface area (Å²) in [5.74, 6) is -0.758. The Hall–Kier alpha value is -3.48. The molecule has 142 valence electrons. The van der Waals surface area contributed by atoms with E-state index in [-0.39, 0.29) is 5.70 Å². The van der Waals surface area contributed by atoms with E-state index in [0.29, 0.717) is 28.4 Å². The topological polar surface area (TPSA) is 94.1 Å². The fraction of sp³-hybridized carbons (Fsp3) is 0.200. The summed E-state index contributed by atoms with van der Waals surface area (Å²) < 4.78 is 15.8. The molecule has 2 aromatic carbocycles. The number of carboxylic acids is 1. The van der Waals surface area contributed by atoms with E-state index in [4.69, 9.17) is 14.2 Å². The minimum atomic E-state index is -1.28. The zero-order valence-corrected chi connectivity index (χ0v) is 15.5. The molecule has 27 heavy (non-hydrogen) atoms. The second-order valence-electron chi connectivity index (χ2n) is 5.61. The van der Waals surface area contributed by atoms with E-state index in [2.05, 4.69) is 5.32 Å². The monoisotopic (exact) mass is 371 g/mol. The third-order valence-electron chi connectivity index (χ3n) is 3.83. The number of rotatable bonds is 7. The minimum Gasteiger partial charge on any atom is -0.493 e. The minimum absolute atomic E-state index is 0.292. The van der Waals surface area contributed by atoms with Gasteiger partial charge in [0, 0.05) is 11.1 Å². The molecule has 0 unspecified atom stereocenters. The summed E-state index contributed by atoms with van der Waals surface area (Å²) in [5.41, 5.74) is 1.46. The molecule has 7 heteroatoms. The number of hydrogen-bond donors (Lipinski definition) is 2. The zero-order valence-electron chi connectivity index (χ0n) is 15.5. The van der Waals surface area contributed by atoms with Crippen LogP contribution in [0, 0.1) is 6.92 Å². The van der Waals surface area contributed by atoms with Crippen LogP contribution in [0.15, 0.2) is 42.1 Å². The van der Waals surface area contributed by atoms with Crippen LogP contribution in [0.1, 0.15) is 21.5 Å². The molecule has 0 bridgehead atoms. The van der Waals surface area contributed by atoms with Gasteiger partial charge in [0.1, 0.15) is 5.70 Å². The first kappa shape index (κ1) is 19.8. The van der Waals surface area contributed by atoms with Crippen molar-refractivity contribution in [1.29, 1.82) is 0 Å². The Morgan fingerprint density at radius 3 is 2.07 bits per heavy atom. The number of nitrogens with one attached hydrogen (secondary N) is 1. The van der Waals surface area contributed by atoms with Crippen molar-refractivity contribution in [2.75, 3.05) is 21.3 Å². The normalized spacial score (nSPS) is 10.9. The van der Waals surface area contributed by atoms with Crippen LogP contribution >= 0.6 is 0 Å². The van der Waals surface area contributed by atoms with E-state index in [1.807, 2.05) is 6.92 Å². The predicted molar refractivity (Wildman–Crippen MR) is 100 cm³/mol. The summed E-state index contributed by atoms with van der Waals surface area (Å²) >= 11 is 0. The van der Waals surface area contributed by atoms with Crippen molar-refractivity contribution in [3.05, 3.63) is 58.8 Å². The van der Waals surface area contributed by atoms with E-state index in [9.17, 15) is 14.7 Å². The van der Waals surface area contributed by atoms with Crippen molar-refractivity contribution >= 4 is 18.0 Å². The number of hydrogen-bond acceptors (Lipinski definition) is 5. The number of benzene rings is 2. The Morgan fingerprint density at radius 1 is 0.926 bits per heavy atom. The van der Waals surface area contributed by atoms with Crippen molar-refractivity contribution in [3.63, 3.8) is 0 Å². The number of amides is 1. The zero-order chi connectivity index (χ0) is 20.0. The van der Waals surface area contributed by atoms with Crippen LogP contribution in [0.3, 0.4) is 0 Å². The number of aryl methyl sites for hydroxylation is 1. The van der Waals surface area contributed by atoms with Crippen molar-refractivity contribution in [3.8, 4) is 17.2 Å². The molecule has 2 rings (SSSR count). The number of carbonyl (C=O) groups excluding carboxylic acids is 1. The Kier molecular flexibility index (Phi) is 6.43. The molecule has 0 spiro atoms. The second kappa shape index (κ2) is 8.75. The van der Waals surface area contributed by atoms with Crippen LogP contribution < -0.4 is 19.5 Å². The number of methoxy groups -OCH3 is 3. The van der Waals surface area contributed by atoms with Crippen molar-refractivity contribution in [2.45, 2.75) is 6.92 Å². The number of ether oxygens (including phenoxy) is 3. The van der Waals surface area contributed by atoms with E-state index in [0.717, 1.165) is 5.56 Å². The third-order valence-corrected chi connectivity index (χ3v) is 3.83. The average Bonchev–Trinajstić information content (AvgIpc) is 2.67. The lowest BCUT2D eigenvalue weighted by Gasteiger charge is -2.14. The molecule has 0 aliphatic heterocycles. The molecule has 7 nitrogen and oxygen atoms in total. The lowest BCUT2D eigenvalue weighted by Crippen LogP contribution is -2.27. The first-order valence-electron chi connectivity index (χ1n) is 8.03. The molecule has 0 saturated carbocycles. The maximum atomic E-state index is 12.3. The van der Waals surface area contributed by atoms with Gasteiger partial charge in [0.15, 0.2) is 11.5 Å². The molecule has 0 aliphatic rings. The predicted octanol–water partition coefficient (Wildman–Crippen LogP) is 2.88. The molecule has 0 heterocycles. The Bertz CT molecular complexity index is 871. The van der Waals surface area contributed by atoms with Crippen LogP contribution in [0.4, 0.5) is 0 Å². The maximum absolute atomic E-state index is 12.3. The lowest BCUT2D eigenvalue weighted by atomic mass is 10.1. The Balaban J connectivity index is 2.42. The van der Waals surface area contributed by atoms with Gasteiger partial charge in [-0.15, -0.1) is 0 Å². The number of carboxylic acid groups (broad SMARTS) is 1. The highest BCUT2D eigenvalue weighted by Gasteiger charge is 2.18. The molecule has 0 aliphatic carbocycles. The molecular weight excluding hydrogens is 350 g/mol. The smallest absolute Gasteiger partial charge is 0.352 e. The summed E-state index contributed by atoms with van der Waals surface area (Å²) in [7, 11) is 4.36. The van der Waals surface area contributed by atoms with Crippen LogP contribution in [0.5, 0.6) is 17.2 Å². The first-order valence-corrected chi connectivity index (χ1v) is 8.03. The van der Waals surface area contributed by atoms with Gasteiger partial charge in [-0.05, 0) is 37.3 Å². The van der Waals surface area contributed by atoms with Gasteiger partial charge in [-0.1, -0.05) is 17.7 Å². The van der Waals surface area contributed by atoms with E-state index in [1.54, 1.807) is 36.4 Å². The van der Waals surface area contributed by atoms with Gasteiger partial charge in [0.2, 0.25) is 5.75 Å². The Labute approximate surface area is 157 Å². The first-order chi connectivity index (χ1) is 12.9. The molecular formula is C20H21NO6. The molecule has 2 N–H and O–H groups in total. The summed E-state index contributed by atoms with van der Waals surface area (Å²) in [6.07, 6.45) is 1.30. The largest absolute Gasteiger partial charge is 0.493 e. The highest BCUT2D eigenvalue weighted by molar-refractivity contribution is 6.03. The van der Waals surface area contributed by atoms with Gasteiger partial charge in [0.25, 0.3) is 5.91 Å². The molecule has 2 aromatic rings. The van der Waals surface area contributed by atoms with E-state index in [1.165, 1.54) is 27.4 Å². The van der Waals surface area contributed by atoms with Gasteiger partial charge in [-0.25, -0.2) is 4.79 Å². The maximum Gasteiger partial charge on any atom is 0.352 e. The standard InChI is InChI=1S/C20H21NO6/c1-12-5-7-13(8-6-12)19(22)21-15(20(23)24)11-14-9-10-16(25-2)18(27-4)17(14)26-3/h5-11H,1-4H3,(H,21,22)(H,23,24)/b15-11-. The number of aliphatic carboxylic acids is 1. The molecule has 0 atom stereocenters. The van der Waals surface area contributed by atoms with E-state index < -0.39 is 11.9 Å². The van der Waals surface area contributed by atoms with Crippen molar-refractivity contribution in [2.24, 2.45) is 0 Å². The van der Waals surface area contributed by atoms with Crippen molar-refractivity contribution in [1.82, 2.24) is 5.32 Å². The molecule has 0 fully saturated rings. The van der Waals surface area contributed by atoms with Gasteiger partial charge in [-0.3, -0.25) is 4.79 Å². The highest BCUT2D eigenvalue weighted by Crippen LogP contribution is 2.40. The number of carbonyl (C=O) groups is 2. The highest BCUT2D eigenvalue weighted by atomic mass is 16.5. The van der Waals surface area contributed by atoms with Crippen molar-refractivity contribution < 1.29 is 28.9 Å². The quantitative estimate of drug-likeness (QED) is 0.727. The molecule has 0 saturated heterocycles. The van der Waals surface area contributed by atoms with Gasteiger partial charge in [-0.2, -0.15) is 0 Å². The summed E-state index contributed by atoms with van der Waals surface area (Å²) in [6, 6.07) is 10.0. The lowest BCUT2D eigenvalue weighted by molar-refractivity contribution is -0.132. The summed E-state index contributed by atoms with van der Waals surface area (Å²) in [6.45, 7) is 1.90. The van der Waals surface area contributed by atoms with E-state index >= 15 is 0 Å². The van der Waals surface area contributed by atoms with Gasteiger partial charge in [0.05, 0.1) is 21.3 Å². The average molecular weight is 371 g/mol. The summed E-state index contributed by atoms with van der Waals surface area (Å²) in [5, 5.41) is 11.9. The second-order valence-corrected chi connectivity index (χ2v) is 5.61. The van der Waals surface area contributed by atoms with Gasteiger partial charge < -0.3 is 24.6 Å². The van der Waals surface area contributed by atoms with Crippen LogP contribution in [-0.4, -0.2) is 38.3 Å². The third kappa shape index (κ3) is 4.58. The fourth-order valence-corrected chi connectivity index (χ4v) is 2.44. The van der Waals surface area contributed by atoms with Crippen LogP contribution in [0.25, 0.3) is 6.08 Å².